The summed E-state index contributed by atoms with van der Waals surface area (Å²) in [5.41, 5.74) is 3.40. The van der Waals surface area contributed by atoms with E-state index in [0.717, 1.165) is 36.8 Å². The van der Waals surface area contributed by atoms with E-state index < -0.39 is 6.10 Å². The van der Waals surface area contributed by atoms with Gasteiger partial charge in [0, 0.05) is 12.6 Å². The molecule has 0 amide bonds. The fourth-order valence-corrected chi connectivity index (χ4v) is 3.72. The maximum atomic E-state index is 10.4. The SMILES string of the molecule is Cc1ccccc1[C@H](OC[C@@H](O)CNC1CCC(O)CC1)c1ccccc1. The van der Waals surface area contributed by atoms with Crippen molar-refractivity contribution >= 4 is 0 Å². The first-order valence-electron chi connectivity index (χ1n) is 9.95. The Hall–Kier alpha value is -1.72. The minimum atomic E-state index is -0.563. The number of rotatable bonds is 8. The van der Waals surface area contributed by atoms with Crippen molar-refractivity contribution in [3.05, 3.63) is 71.3 Å². The molecule has 2 aromatic carbocycles. The fraction of sp³-hybridized carbons (Fsp3) is 0.478. The van der Waals surface area contributed by atoms with Gasteiger partial charge in [-0.05, 0) is 49.3 Å². The predicted octanol–water partition coefficient (Wildman–Crippen LogP) is 3.36. The Kier molecular flexibility index (Phi) is 7.41. The van der Waals surface area contributed by atoms with Crippen LogP contribution in [0.1, 0.15) is 48.5 Å². The first-order valence-corrected chi connectivity index (χ1v) is 9.95. The van der Waals surface area contributed by atoms with Crippen LogP contribution in [0.3, 0.4) is 0 Å². The highest BCUT2D eigenvalue weighted by atomic mass is 16.5. The van der Waals surface area contributed by atoms with Gasteiger partial charge in [0.05, 0.1) is 18.8 Å². The largest absolute Gasteiger partial charge is 0.393 e. The molecule has 0 bridgehead atoms. The summed E-state index contributed by atoms with van der Waals surface area (Å²) < 4.78 is 6.18. The van der Waals surface area contributed by atoms with E-state index in [1.807, 2.05) is 30.3 Å². The summed E-state index contributed by atoms with van der Waals surface area (Å²) >= 11 is 0. The van der Waals surface area contributed by atoms with Gasteiger partial charge < -0.3 is 20.3 Å². The molecule has 27 heavy (non-hydrogen) atoms. The zero-order valence-corrected chi connectivity index (χ0v) is 16.1. The normalized spacial score (nSPS) is 22.3. The molecule has 0 unspecified atom stereocenters. The highest BCUT2D eigenvalue weighted by Gasteiger charge is 2.21. The molecule has 4 heteroatoms. The maximum Gasteiger partial charge on any atom is 0.108 e. The molecule has 0 aromatic heterocycles. The van der Waals surface area contributed by atoms with Crippen molar-refractivity contribution in [2.45, 2.75) is 57.0 Å². The van der Waals surface area contributed by atoms with Crippen molar-refractivity contribution in [3.8, 4) is 0 Å². The van der Waals surface area contributed by atoms with E-state index in [2.05, 4.69) is 36.5 Å². The standard InChI is InChI=1S/C23H31NO3/c1-17-7-5-6-10-22(17)23(18-8-3-2-4-9-18)27-16-21(26)15-24-19-11-13-20(25)14-12-19/h2-10,19-21,23-26H,11-16H2,1H3/t19?,20?,21-,23+/m0/s1. The van der Waals surface area contributed by atoms with E-state index in [0.29, 0.717) is 12.6 Å². The van der Waals surface area contributed by atoms with Gasteiger partial charge in [-0.25, -0.2) is 0 Å². The van der Waals surface area contributed by atoms with Crippen LogP contribution in [0.15, 0.2) is 54.6 Å². The van der Waals surface area contributed by atoms with Crippen LogP contribution >= 0.6 is 0 Å². The van der Waals surface area contributed by atoms with Crippen molar-refractivity contribution in [1.29, 1.82) is 0 Å². The second-order valence-electron chi connectivity index (χ2n) is 7.55. The van der Waals surface area contributed by atoms with Gasteiger partial charge in [0.15, 0.2) is 0 Å². The monoisotopic (exact) mass is 369 g/mol. The molecule has 0 saturated heterocycles. The zero-order chi connectivity index (χ0) is 19.1. The van der Waals surface area contributed by atoms with Crippen LogP contribution in [0.2, 0.25) is 0 Å². The first kappa shape index (κ1) is 20.0. The van der Waals surface area contributed by atoms with Crippen molar-refractivity contribution in [2.75, 3.05) is 13.2 Å². The van der Waals surface area contributed by atoms with Crippen molar-refractivity contribution < 1.29 is 14.9 Å². The Morgan fingerprint density at radius 3 is 2.37 bits per heavy atom. The minimum Gasteiger partial charge on any atom is -0.393 e. The number of nitrogens with one attached hydrogen (secondary N) is 1. The average Bonchev–Trinajstić information content (AvgIpc) is 2.70. The lowest BCUT2D eigenvalue weighted by Crippen LogP contribution is -2.40. The second kappa shape index (κ2) is 10.00. The Balaban J connectivity index is 1.57. The van der Waals surface area contributed by atoms with Crippen molar-refractivity contribution in [2.24, 2.45) is 0 Å². The molecular weight excluding hydrogens is 338 g/mol. The number of aliphatic hydroxyl groups is 2. The Bertz CT molecular complexity index is 683. The van der Waals surface area contributed by atoms with E-state index in [9.17, 15) is 10.2 Å². The van der Waals surface area contributed by atoms with Gasteiger partial charge in [0.1, 0.15) is 6.10 Å². The van der Waals surface area contributed by atoms with E-state index in [1.165, 1.54) is 5.56 Å². The molecule has 146 valence electrons. The van der Waals surface area contributed by atoms with E-state index in [-0.39, 0.29) is 18.8 Å². The fourth-order valence-electron chi connectivity index (χ4n) is 3.72. The third kappa shape index (κ3) is 5.88. The summed E-state index contributed by atoms with van der Waals surface area (Å²) in [6.07, 6.45) is 2.70. The summed E-state index contributed by atoms with van der Waals surface area (Å²) in [4.78, 5) is 0. The molecule has 2 aromatic rings. The summed E-state index contributed by atoms with van der Waals surface area (Å²) in [6.45, 7) is 2.87. The van der Waals surface area contributed by atoms with E-state index >= 15 is 0 Å². The third-order valence-corrected chi connectivity index (χ3v) is 5.37. The summed E-state index contributed by atoms with van der Waals surface area (Å²) in [7, 11) is 0. The molecule has 3 rings (SSSR count). The lowest BCUT2D eigenvalue weighted by atomic mass is 9.93. The van der Waals surface area contributed by atoms with E-state index in [1.54, 1.807) is 0 Å². The second-order valence-corrected chi connectivity index (χ2v) is 7.55. The minimum absolute atomic E-state index is 0.156. The van der Waals surface area contributed by atoms with Gasteiger partial charge in [0.25, 0.3) is 0 Å². The smallest absolute Gasteiger partial charge is 0.108 e. The highest BCUT2D eigenvalue weighted by Crippen LogP contribution is 2.28. The van der Waals surface area contributed by atoms with Gasteiger partial charge in [-0.3, -0.25) is 0 Å². The van der Waals surface area contributed by atoms with Crippen LogP contribution in [0.4, 0.5) is 0 Å². The number of aliphatic hydroxyl groups excluding tert-OH is 2. The summed E-state index contributed by atoms with van der Waals surface area (Å²) in [5.74, 6) is 0. The summed E-state index contributed by atoms with van der Waals surface area (Å²) in [6, 6.07) is 18.8. The Morgan fingerprint density at radius 1 is 1.00 bits per heavy atom. The van der Waals surface area contributed by atoms with Crippen LogP contribution in [0.25, 0.3) is 0 Å². The predicted molar refractivity (Wildman–Crippen MR) is 108 cm³/mol. The molecule has 3 N–H and O–H groups in total. The number of benzene rings is 2. The van der Waals surface area contributed by atoms with Crippen molar-refractivity contribution in [1.82, 2.24) is 5.32 Å². The number of hydrogen-bond donors (Lipinski definition) is 3. The molecule has 1 fully saturated rings. The van der Waals surface area contributed by atoms with Crippen LogP contribution in [-0.4, -0.2) is 41.6 Å². The van der Waals surface area contributed by atoms with Crippen LogP contribution in [0, 0.1) is 6.92 Å². The number of ether oxygens (including phenoxy) is 1. The van der Waals surface area contributed by atoms with Crippen LogP contribution in [0.5, 0.6) is 0 Å². The molecule has 1 aliphatic carbocycles. The van der Waals surface area contributed by atoms with Gasteiger partial charge in [-0.15, -0.1) is 0 Å². The Morgan fingerprint density at radius 2 is 1.67 bits per heavy atom. The van der Waals surface area contributed by atoms with Gasteiger partial charge in [0.2, 0.25) is 0 Å². The number of hydrogen-bond acceptors (Lipinski definition) is 4. The van der Waals surface area contributed by atoms with Gasteiger partial charge in [-0.2, -0.15) is 0 Å². The average molecular weight is 370 g/mol. The molecule has 1 aliphatic rings. The molecule has 2 atom stereocenters. The van der Waals surface area contributed by atoms with Crippen LogP contribution < -0.4 is 5.32 Å². The molecule has 4 nitrogen and oxygen atoms in total. The Labute approximate surface area is 162 Å². The van der Waals surface area contributed by atoms with Gasteiger partial charge in [-0.1, -0.05) is 54.6 Å². The molecule has 0 heterocycles. The highest BCUT2D eigenvalue weighted by molar-refractivity contribution is 5.35. The van der Waals surface area contributed by atoms with Gasteiger partial charge >= 0.3 is 0 Å². The summed E-state index contributed by atoms with van der Waals surface area (Å²) in [5, 5.41) is 23.4. The molecule has 0 spiro atoms. The zero-order valence-electron chi connectivity index (χ0n) is 16.1. The molecule has 0 aliphatic heterocycles. The topological polar surface area (TPSA) is 61.7 Å². The first-order chi connectivity index (χ1) is 13.1. The lowest BCUT2D eigenvalue weighted by Gasteiger charge is -2.28. The van der Waals surface area contributed by atoms with Crippen LogP contribution in [-0.2, 0) is 4.74 Å². The molecular formula is C23H31NO3. The van der Waals surface area contributed by atoms with Crippen molar-refractivity contribution in [3.63, 3.8) is 0 Å². The molecule has 1 saturated carbocycles. The quantitative estimate of drug-likeness (QED) is 0.668. The maximum absolute atomic E-state index is 10.4. The number of aryl methyl sites for hydroxylation is 1. The van der Waals surface area contributed by atoms with E-state index in [4.69, 9.17) is 4.74 Å². The molecule has 0 radical (unpaired) electrons. The third-order valence-electron chi connectivity index (χ3n) is 5.37. The lowest BCUT2D eigenvalue weighted by molar-refractivity contribution is 0.00427.